The number of hydrogen-bond donors (Lipinski definition) is 0. The van der Waals surface area contributed by atoms with Crippen molar-refractivity contribution in [3.05, 3.63) is 53.4 Å². The third-order valence-electron chi connectivity index (χ3n) is 11.0. The Balaban J connectivity index is 1.11. The number of anilines is 1. The lowest BCUT2D eigenvalue weighted by Gasteiger charge is -2.31. The molecule has 1 amide bonds. The van der Waals surface area contributed by atoms with E-state index < -0.39 is 5.82 Å². The molecule has 6 heterocycles. The number of halogens is 2. The van der Waals surface area contributed by atoms with E-state index in [4.69, 9.17) is 31.0 Å². The molecule has 4 aliphatic heterocycles. The van der Waals surface area contributed by atoms with Gasteiger partial charge in [-0.1, -0.05) is 47.9 Å². The lowest BCUT2D eigenvalue weighted by molar-refractivity contribution is -0.124. The minimum absolute atomic E-state index is 0.0266. The molecule has 4 fully saturated rings. The number of likely N-dealkylation sites (tertiary alicyclic amines) is 1. The summed E-state index contributed by atoms with van der Waals surface area (Å²) in [6, 6.07) is 11.4. The zero-order valence-electron chi connectivity index (χ0n) is 28.3. The van der Waals surface area contributed by atoms with Crippen LogP contribution in [0.2, 0.25) is 5.02 Å². The first kappa shape index (κ1) is 33.1. The van der Waals surface area contributed by atoms with Gasteiger partial charge in [0.05, 0.1) is 30.7 Å². The summed E-state index contributed by atoms with van der Waals surface area (Å²) in [4.78, 5) is 35.8. The van der Waals surface area contributed by atoms with Crippen molar-refractivity contribution in [2.75, 3.05) is 77.6 Å². The highest BCUT2D eigenvalue weighted by atomic mass is 35.5. The molecule has 10 nitrogen and oxygen atoms in total. The van der Waals surface area contributed by atoms with Crippen LogP contribution in [0, 0.1) is 17.7 Å². The fourth-order valence-corrected chi connectivity index (χ4v) is 8.46. The number of rotatable bonds is 7. The number of hydrogen-bond acceptors (Lipinski definition) is 9. The van der Waals surface area contributed by atoms with Crippen molar-refractivity contribution in [1.82, 2.24) is 29.7 Å². The van der Waals surface area contributed by atoms with Crippen LogP contribution in [0.4, 0.5) is 10.2 Å². The summed E-state index contributed by atoms with van der Waals surface area (Å²) in [6.45, 7) is 7.22. The number of carbonyl (C=O) groups is 1. The Kier molecular flexibility index (Phi) is 9.21. The van der Waals surface area contributed by atoms with Crippen LogP contribution in [-0.4, -0.2) is 120 Å². The minimum atomic E-state index is -0.558. The zero-order chi connectivity index (χ0) is 34.2. The van der Waals surface area contributed by atoms with Crippen LogP contribution in [0.25, 0.3) is 32.9 Å². The fourth-order valence-electron chi connectivity index (χ4n) is 8.18. The number of morpholine rings is 1. The number of aromatic nitrogens is 3. The van der Waals surface area contributed by atoms with Crippen molar-refractivity contribution in [2.24, 2.45) is 0 Å². The van der Waals surface area contributed by atoms with Gasteiger partial charge >= 0.3 is 6.01 Å². The summed E-state index contributed by atoms with van der Waals surface area (Å²) in [7, 11) is 1.93. The van der Waals surface area contributed by atoms with E-state index in [0.29, 0.717) is 61.2 Å². The number of carbonyl (C=O) groups excluding carboxylic acids is 1. The summed E-state index contributed by atoms with van der Waals surface area (Å²) < 4.78 is 28.6. The Morgan fingerprint density at radius 2 is 1.88 bits per heavy atom. The largest absolute Gasteiger partial charge is 0.461 e. The van der Waals surface area contributed by atoms with Gasteiger partial charge in [0, 0.05) is 61.4 Å². The molecule has 260 valence electrons. The number of nitrogens with zero attached hydrogens (tertiary/aromatic N) is 7. The van der Waals surface area contributed by atoms with E-state index in [1.807, 2.05) is 42.3 Å². The van der Waals surface area contributed by atoms with Gasteiger partial charge in [-0.3, -0.25) is 19.6 Å². The predicted octanol–water partition coefficient (Wildman–Crippen LogP) is 5.02. The molecular formula is C38H41ClFN7O3. The molecule has 2 aromatic heterocycles. The standard InChI is InChI=1S/C38H41ClFN7O3/c1-44(27-12-18-46(24-27)31(48)11-4-15-45-19-21-49-22-20-45)36-29-23-41-34(28-9-2-7-26-8-3-10-30(39)32(26)28)33(40)35(29)42-37(43-36)50-25-38-13-5-16-47(38)17-6-14-38/h2-3,7-10,23,27H,5-6,12-22,24-25H2,1H3. The van der Waals surface area contributed by atoms with Gasteiger partial charge in [0.2, 0.25) is 0 Å². The highest BCUT2D eigenvalue weighted by Crippen LogP contribution is 2.40. The molecule has 1 atom stereocenters. The maximum Gasteiger partial charge on any atom is 0.319 e. The Labute approximate surface area is 296 Å². The van der Waals surface area contributed by atoms with Crippen LogP contribution in [0.3, 0.4) is 0 Å². The third-order valence-corrected chi connectivity index (χ3v) is 11.3. The van der Waals surface area contributed by atoms with Crippen molar-refractivity contribution >= 4 is 45.0 Å². The quantitative estimate of drug-likeness (QED) is 0.247. The van der Waals surface area contributed by atoms with Crippen LogP contribution in [0.1, 0.15) is 32.1 Å². The van der Waals surface area contributed by atoms with E-state index in [2.05, 4.69) is 26.6 Å². The number of fused-ring (bicyclic) bond motifs is 3. The molecule has 4 aliphatic rings. The first-order valence-electron chi connectivity index (χ1n) is 17.6. The maximum atomic E-state index is 16.8. The highest BCUT2D eigenvalue weighted by Gasteiger charge is 2.45. The van der Waals surface area contributed by atoms with E-state index in [1.165, 1.54) is 0 Å². The van der Waals surface area contributed by atoms with Gasteiger partial charge in [0.1, 0.15) is 23.6 Å². The van der Waals surface area contributed by atoms with E-state index in [0.717, 1.165) is 69.1 Å². The second-order valence-electron chi connectivity index (χ2n) is 13.9. The summed E-state index contributed by atoms with van der Waals surface area (Å²) in [5.74, 6) is 5.65. The molecule has 0 N–H and O–H groups in total. The second kappa shape index (κ2) is 13.9. The first-order valence-corrected chi connectivity index (χ1v) is 18.0. The average Bonchev–Trinajstić information content (AvgIpc) is 3.88. The fraction of sp³-hybridized carbons (Fsp3) is 0.474. The summed E-state index contributed by atoms with van der Waals surface area (Å²) in [6.07, 6.45) is 6.78. The van der Waals surface area contributed by atoms with E-state index in [1.54, 1.807) is 17.2 Å². The van der Waals surface area contributed by atoms with Gasteiger partial charge in [-0.05, 0) is 62.6 Å². The number of ether oxygens (including phenoxy) is 2. The Hall–Kier alpha value is -4.08. The molecule has 2 aromatic carbocycles. The Bertz CT molecular complexity index is 1980. The molecule has 12 heteroatoms. The number of benzene rings is 2. The molecule has 8 rings (SSSR count). The van der Waals surface area contributed by atoms with Crippen LogP contribution < -0.4 is 9.64 Å². The molecule has 4 aromatic rings. The van der Waals surface area contributed by atoms with Gasteiger partial charge in [0.15, 0.2) is 5.82 Å². The topological polar surface area (TPSA) is 87.2 Å². The summed E-state index contributed by atoms with van der Waals surface area (Å²) in [5, 5.41) is 2.63. The molecule has 50 heavy (non-hydrogen) atoms. The normalized spacial score (nSPS) is 20.6. The summed E-state index contributed by atoms with van der Waals surface area (Å²) >= 11 is 6.64. The van der Waals surface area contributed by atoms with Gasteiger partial charge in [-0.2, -0.15) is 9.97 Å². The SMILES string of the molecule is CN(c1nc(OCC23CCCN2CCC3)nc2c(F)c(-c3cccc4cccc(Cl)c34)ncc12)C1CCN(C(=O)C#CCN2CCOCC2)C1. The maximum absolute atomic E-state index is 16.8. The average molecular weight is 698 g/mol. The van der Waals surface area contributed by atoms with E-state index in [9.17, 15) is 4.79 Å². The van der Waals surface area contributed by atoms with Crippen LogP contribution in [0.5, 0.6) is 6.01 Å². The van der Waals surface area contributed by atoms with Crippen LogP contribution in [0.15, 0.2) is 42.6 Å². The molecule has 0 spiro atoms. The lowest BCUT2D eigenvalue weighted by atomic mass is 9.95. The van der Waals surface area contributed by atoms with Crippen molar-refractivity contribution in [3.8, 4) is 29.1 Å². The molecular weight excluding hydrogens is 657 g/mol. The Morgan fingerprint density at radius 3 is 2.68 bits per heavy atom. The monoisotopic (exact) mass is 697 g/mol. The van der Waals surface area contributed by atoms with Gasteiger partial charge in [0.25, 0.3) is 5.91 Å². The zero-order valence-corrected chi connectivity index (χ0v) is 29.1. The van der Waals surface area contributed by atoms with Crippen LogP contribution in [-0.2, 0) is 9.53 Å². The third kappa shape index (κ3) is 6.23. The number of amides is 1. The molecule has 0 radical (unpaired) electrons. The van der Waals surface area contributed by atoms with E-state index in [-0.39, 0.29) is 34.7 Å². The van der Waals surface area contributed by atoms with Crippen molar-refractivity contribution in [2.45, 2.75) is 43.7 Å². The second-order valence-corrected chi connectivity index (χ2v) is 14.3. The van der Waals surface area contributed by atoms with Gasteiger partial charge < -0.3 is 19.3 Å². The highest BCUT2D eigenvalue weighted by molar-refractivity contribution is 6.36. The smallest absolute Gasteiger partial charge is 0.319 e. The van der Waals surface area contributed by atoms with Gasteiger partial charge in [-0.15, -0.1) is 0 Å². The first-order chi connectivity index (χ1) is 24.4. The molecule has 0 aliphatic carbocycles. The van der Waals surface area contributed by atoms with Crippen molar-refractivity contribution < 1.29 is 18.7 Å². The predicted molar refractivity (Wildman–Crippen MR) is 192 cm³/mol. The van der Waals surface area contributed by atoms with Gasteiger partial charge in [-0.25, -0.2) is 4.39 Å². The van der Waals surface area contributed by atoms with Crippen molar-refractivity contribution in [1.29, 1.82) is 0 Å². The summed E-state index contributed by atoms with van der Waals surface area (Å²) in [5.41, 5.74) is 0.868. The van der Waals surface area contributed by atoms with Crippen LogP contribution >= 0.6 is 11.6 Å². The lowest BCUT2D eigenvalue weighted by Crippen LogP contribution is -2.43. The number of pyridine rings is 1. The van der Waals surface area contributed by atoms with E-state index >= 15 is 4.39 Å². The molecule has 0 bridgehead atoms. The minimum Gasteiger partial charge on any atom is -0.461 e. The molecule has 0 saturated carbocycles. The van der Waals surface area contributed by atoms with Crippen molar-refractivity contribution in [3.63, 3.8) is 0 Å². The molecule has 4 saturated heterocycles. The Morgan fingerprint density at radius 1 is 1.10 bits per heavy atom. The molecule has 1 unspecified atom stereocenters. The number of likely N-dealkylation sites (N-methyl/N-ethyl adjacent to an activating group) is 1.